The van der Waals surface area contributed by atoms with E-state index in [-0.39, 0.29) is 24.0 Å². The van der Waals surface area contributed by atoms with E-state index in [1.54, 1.807) is 12.0 Å². The minimum Gasteiger partial charge on any atom is -0.490 e. The van der Waals surface area contributed by atoms with Gasteiger partial charge in [-0.25, -0.2) is 4.79 Å². The van der Waals surface area contributed by atoms with Crippen LogP contribution < -0.4 is 15.0 Å². The number of benzene rings is 2. The van der Waals surface area contributed by atoms with E-state index in [0.717, 1.165) is 47.6 Å². The van der Waals surface area contributed by atoms with Crippen LogP contribution in [-0.2, 0) is 41.7 Å². The largest absolute Gasteiger partial charge is 0.490 e. The summed E-state index contributed by atoms with van der Waals surface area (Å²) in [6.45, 7) is 15.8. The molecule has 0 spiro atoms. The molecule has 11 heteroatoms. The van der Waals surface area contributed by atoms with Gasteiger partial charge in [0.15, 0.2) is 0 Å². The molecule has 1 saturated heterocycles. The first-order valence-electron chi connectivity index (χ1n) is 17.2. The number of hydrogen-bond acceptors (Lipinski definition) is 9. The summed E-state index contributed by atoms with van der Waals surface area (Å²) in [6, 6.07) is 14.5. The predicted molar refractivity (Wildman–Crippen MR) is 185 cm³/mol. The van der Waals surface area contributed by atoms with Gasteiger partial charge >= 0.3 is 6.09 Å². The summed E-state index contributed by atoms with van der Waals surface area (Å²) in [5.41, 5.74) is 3.56. The minimum atomic E-state index is -0.639. The number of carbonyl (C=O) groups excluding carboxylic acids is 2. The van der Waals surface area contributed by atoms with Gasteiger partial charge in [0.05, 0.1) is 50.8 Å². The van der Waals surface area contributed by atoms with Gasteiger partial charge in [-0.15, -0.1) is 0 Å². The lowest BCUT2D eigenvalue weighted by Gasteiger charge is -2.44. The van der Waals surface area contributed by atoms with E-state index in [1.165, 1.54) is 0 Å². The highest BCUT2D eigenvalue weighted by Crippen LogP contribution is 2.37. The summed E-state index contributed by atoms with van der Waals surface area (Å²) in [7, 11) is 1.72. The number of fused-ring (bicyclic) bond motifs is 1. The summed E-state index contributed by atoms with van der Waals surface area (Å²) in [5.74, 6) is 0.671. The third-order valence-electron chi connectivity index (χ3n) is 8.54. The summed E-state index contributed by atoms with van der Waals surface area (Å²) < 4.78 is 35.2. The predicted octanol–water partition coefficient (Wildman–Crippen LogP) is 5.15. The van der Waals surface area contributed by atoms with Crippen LogP contribution in [0.2, 0.25) is 0 Å². The topological polar surface area (TPSA) is 108 Å². The van der Waals surface area contributed by atoms with Gasteiger partial charge in [0.1, 0.15) is 18.0 Å². The molecule has 0 aliphatic carbocycles. The minimum absolute atomic E-state index is 0.0368. The Hall–Kier alpha value is -3.38. The molecular weight excluding hydrogens is 614 g/mol. The lowest BCUT2D eigenvalue weighted by Crippen LogP contribution is -2.54. The van der Waals surface area contributed by atoms with Gasteiger partial charge in [0.25, 0.3) is 0 Å². The van der Waals surface area contributed by atoms with Crippen LogP contribution in [0.25, 0.3) is 0 Å². The highest BCUT2D eigenvalue weighted by molar-refractivity contribution is 5.68. The number of nitrogens with one attached hydrogen (secondary N) is 1. The number of amides is 2. The fourth-order valence-corrected chi connectivity index (χ4v) is 6.37. The van der Waals surface area contributed by atoms with E-state index < -0.39 is 11.7 Å². The van der Waals surface area contributed by atoms with Crippen LogP contribution in [0.15, 0.2) is 42.5 Å². The molecule has 1 unspecified atom stereocenters. The molecule has 11 nitrogen and oxygen atoms in total. The Morgan fingerprint density at radius 3 is 2.58 bits per heavy atom. The molecule has 1 fully saturated rings. The Morgan fingerprint density at radius 1 is 1.10 bits per heavy atom. The van der Waals surface area contributed by atoms with Crippen molar-refractivity contribution in [2.45, 2.75) is 78.0 Å². The Balaban J connectivity index is 1.56. The Labute approximate surface area is 286 Å². The molecule has 0 saturated carbocycles. The molecule has 2 heterocycles. The van der Waals surface area contributed by atoms with Crippen LogP contribution in [0.5, 0.6) is 5.75 Å². The number of methoxy groups -OCH3 is 1. The van der Waals surface area contributed by atoms with Crippen LogP contribution in [-0.4, -0.2) is 101 Å². The quantitative estimate of drug-likeness (QED) is 0.181. The molecular formula is C37H55N3O8. The van der Waals surface area contributed by atoms with E-state index in [2.05, 4.69) is 40.5 Å². The number of hydrogen-bond donors (Lipinski definition) is 1. The Kier molecular flexibility index (Phi) is 14.4. The maximum Gasteiger partial charge on any atom is 0.410 e. The van der Waals surface area contributed by atoms with Gasteiger partial charge < -0.3 is 43.5 Å². The van der Waals surface area contributed by atoms with Crippen molar-refractivity contribution in [1.29, 1.82) is 0 Å². The number of rotatable bonds is 17. The van der Waals surface area contributed by atoms with Gasteiger partial charge in [0, 0.05) is 51.8 Å². The summed E-state index contributed by atoms with van der Waals surface area (Å²) >= 11 is 0. The number of anilines is 1. The monoisotopic (exact) mass is 669 g/mol. The molecule has 48 heavy (non-hydrogen) atoms. The van der Waals surface area contributed by atoms with E-state index in [4.69, 9.17) is 28.4 Å². The van der Waals surface area contributed by atoms with Gasteiger partial charge in [0.2, 0.25) is 6.41 Å². The van der Waals surface area contributed by atoms with Crippen LogP contribution in [0.4, 0.5) is 10.5 Å². The van der Waals surface area contributed by atoms with Crippen molar-refractivity contribution in [3.8, 4) is 5.75 Å². The van der Waals surface area contributed by atoms with Crippen molar-refractivity contribution in [3.63, 3.8) is 0 Å². The van der Waals surface area contributed by atoms with Crippen molar-refractivity contribution in [3.05, 3.63) is 59.2 Å². The molecule has 0 bridgehead atoms. The summed E-state index contributed by atoms with van der Waals surface area (Å²) in [4.78, 5) is 28.8. The molecule has 2 aliphatic rings. The zero-order valence-corrected chi connectivity index (χ0v) is 29.6. The lowest BCUT2D eigenvalue weighted by atomic mass is 9.78. The van der Waals surface area contributed by atoms with Gasteiger partial charge in [-0.05, 0) is 69.9 Å². The molecule has 2 aromatic carbocycles. The Bertz CT molecular complexity index is 1280. The highest BCUT2D eigenvalue weighted by Gasteiger charge is 2.41. The molecule has 1 N–H and O–H groups in total. The van der Waals surface area contributed by atoms with Gasteiger partial charge in [-0.2, -0.15) is 0 Å². The number of piperidine rings is 1. The third-order valence-corrected chi connectivity index (χ3v) is 8.54. The van der Waals surface area contributed by atoms with Gasteiger partial charge in [-0.1, -0.05) is 30.3 Å². The van der Waals surface area contributed by atoms with Crippen molar-refractivity contribution < 1.29 is 38.0 Å². The van der Waals surface area contributed by atoms with E-state index in [9.17, 15) is 9.59 Å². The van der Waals surface area contributed by atoms with E-state index in [0.29, 0.717) is 65.7 Å². The van der Waals surface area contributed by atoms with Gasteiger partial charge in [-0.3, -0.25) is 4.79 Å². The lowest BCUT2D eigenvalue weighted by molar-refractivity contribution is -0.110. The third kappa shape index (κ3) is 11.1. The molecule has 0 radical (unpaired) electrons. The maximum absolute atomic E-state index is 13.3. The number of ether oxygens (including phenoxy) is 6. The number of likely N-dealkylation sites (tertiary alicyclic amines) is 1. The fourth-order valence-electron chi connectivity index (χ4n) is 6.37. The normalized spacial score (nSPS) is 20.1. The maximum atomic E-state index is 13.3. The average molecular weight is 670 g/mol. The Morgan fingerprint density at radius 2 is 1.88 bits per heavy atom. The summed E-state index contributed by atoms with van der Waals surface area (Å²) in [6.07, 6.45) is 0.918. The molecule has 0 aromatic heterocycles. The molecule has 266 valence electrons. The molecule has 4 atom stereocenters. The second-order valence-electron chi connectivity index (χ2n) is 13.6. The second kappa shape index (κ2) is 18.4. The molecule has 2 aromatic rings. The SMILES string of the molecule is CCOC(C)COCc1ccc([C@H]2[C@H](CNC=O)CN(C(=O)OC(C)(C)C)C[C@@H]2OCc2ccc3c(c2)N(CCCOC)CCO3)cc1. The average Bonchev–Trinajstić information content (AvgIpc) is 3.06. The number of nitrogens with zero attached hydrogens (tertiary/aromatic N) is 2. The first-order chi connectivity index (χ1) is 23.1. The van der Waals surface area contributed by atoms with Crippen molar-refractivity contribution in [2.75, 3.05) is 71.2 Å². The highest BCUT2D eigenvalue weighted by atomic mass is 16.6. The zero-order chi connectivity index (χ0) is 34.5. The molecule has 4 rings (SSSR count). The number of carbonyl (C=O) groups is 2. The second-order valence-corrected chi connectivity index (χ2v) is 13.6. The van der Waals surface area contributed by atoms with Crippen LogP contribution in [0.3, 0.4) is 0 Å². The molecule has 2 amide bonds. The van der Waals surface area contributed by atoms with Crippen LogP contribution in [0, 0.1) is 5.92 Å². The van der Waals surface area contributed by atoms with E-state index in [1.807, 2.05) is 46.8 Å². The van der Waals surface area contributed by atoms with Crippen LogP contribution >= 0.6 is 0 Å². The van der Waals surface area contributed by atoms with Crippen molar-refractivity contribution in [2.24, 2.45) is 5.92 Å². The summed E-state index contributed by atoms with van der Waals surface area (Å²) in [5, 5.41) is 2.86. The van der Waals surface area contributed by atoms with Crippen LogP contribution in [0.1, 0.15) is 63.6 Å². The first kappa shape index (κ1) is 37.4. The van der Waals surface area contributed by atoms with Crippen molar-refractivity contribution >= 4 is 18.2 Å². The smallest absolute Gasteiger partial charge is 0.410 e. The first-order valence-corrected chi connectivity index (χ1v) is 17.2. The standard InChI is InChI=1S/C37H55N3O8/c1-7-45-27(2)23-44-24-28-9-12-30(13-10-28)35-31(20-38-26-41)21-40(36(42)48-37(3,4)5)22-34(35)47-25-29-11-14-33-32(19-29)39(16-18-46-33)15-8-17-43-6/h9-14,19,26-27,31,34-35H,7-8,15-18,20-25H2,1-6H3,(H,38,41)/t27?,31-,34+,35+/m1/s1. The zero-order valence-electron chi connectivity index (χ0n) is 29.6. The fraction of sp³-hybridized carbons (Fsp3) is 0.622. The van der Waals surface area contributed by atoms with Crippen molar-refractivity contribution in [1.82, 2.24) is 10.2 Å². The molecule has 2 aliphatic heterocycles. The van der Waals surface area contributed by atoms with E-state index >= 15 is 0 Å².